The largest absolute Gasteiger partial charge is 0.459 e. The molecule has 0 aliphatic carbocycles. The summed E-state index contributed by atoms with van der Waals surface area (Å²) in [6, 6.07) is 7.58. The van der Waals surface area contributed by atoms with Crippen LogP contribution in [-0.4, -0.2) is 47.7 Å². The van der Waals surface area contributed by atoms with Crippen molar-refractivity contribution < 1.29 is 13.9 Å². The molecule has 148 valence electrons. The predicted octanol–water partition coefficient (Wildman–Crippen LogP) is 2.29. The SMILES string of the molecule is O=C(Nc1ccc2n(c1=O)CC1CC2CN(C2CCOCC2)C1)c1ccco1. The molecule has 1 N–H and O–H groups in total. The Morgan fingerprint density at radius 2 is 1.96 bits per heavy atom. The minimum atomic E-state index is -0.399. The highest BCUT2D eigenvalue weighted by atomic mass is 16.5. The fraction of sp³-hybridized carbons (Fsp3) is 0.524. The quantitative estimate of drug-likeness (QED) is 0.880. The number of rotatable bonds is 3. The van der Waals surface area contributed by atoms with Gasteiger partial charge in [0.05, 0.1) is 6.26 Å². The van der Waals surface area contributed by atoms with Crippen molar-refractivity contribution in [2.45, 2.75) is 37.8 Å². The molecule has 2 unspecified atom stereocenters. The van der Waals surface area contributed by atoms with Crippen molar-refractivity contribution in [2.75, 3.05) is 31.6 Å². The van der Waals surface area contributed by atoms with Gasteiger partial charge in [-0.15, -0.1) is 0 Å². The molecule has 2 fully saturated rings. The van der Waals surface area contributed by atoms with E-state index in [2.05, 4.69) is 10.2 Å². The summed E-state index contributed by atoms with van der Waals surface area (Å²) in [5.41, 5.74) is 1.28. The molecule has 2 aromatic heterocycles. The normalized spacial score (nSPS) is 25.3. The van der Waals surface area contributed by atoms with Crippen LogP contribution in [0.15, 0.2) is 39.7 Å². The zero-order valence-electron chi connectivity index (χ0n) is 15.8. The molecule has 7 nitrogen and oxygen atoms in total. The molecule has 2 atom stereocenters. The lowest BCUT2D eigenvalue weighted by Gasteiger charge is -2.46. The van der Waals surface area contributed by atoms with Crippen LogP contribution in [0.5, 0.6) is 0 Å². The molecule has 0 aromatic carbocycles. The van der Waals surface area contributed by atoms with E-state index in [9.17, 15) is 9.59 Å². The summed E-state index contributed by atoms with van der Waals surface area (Å²) in [7, 11) is 0. The summed E-state index contributed by atoms with van der Waals surface area (Å²) >= 11 is 0. The summed E-state index contributed by atoms with van der Waals surface area (Å²) in [6.07, 6.45) is 4.78. The van der Waals surface area contributed by atoms with E-state index in [0.717, 1.165) is 57.8 Å². The lowest BCUT2D eigenvalue weighted by molar-refractivity contribution is 0.00589. The van der Waals surface area contributed by atoms with E-state index >= 15 is 0 Å². The van der Waals surface area contributed by atoms with Crippen LogP contribution in [0.25, 0.3) is 0 Å². The summed E-state index contributed by atoms with van der Waals surface area (Å²) < 4.78 is 12.5. The second-order valence-corrected chi connectivity index (χ2v) is 8.12. The maximum absolute atomic E-state index is 13.0. The van der Waals surface area contributed by atoms with Gasteiger partial charge in [0, 0.05) is 50.5 Å². The Hall–Kier alpha value is -2.38. The van der Waals surface area contributed by atoms with Gasteiger partial charge in [-0.25, -0.2) is 0 Å². The first-order chi connectivity index (χ1) is 13.7. The first kappa shape index (κ1) is 17.7. The number of piperidine rings is 1. The predicted molar refractivity (Wildman–Crippen MR) is 104 cm³/mol. The second-order valence-electron chi connectivity index (χ2n) is 8.12. The fourth-order valence-corrected chi connectivity index (χ4v) is 5.02. The van der Waals surface area contributed by atoms with E-state index in [1.807, 2.05) is 10.6 Å². The van der Waals surface area contributed by atoms with Gasteiger partial charge in [-0.2, -0.15) is 0 Å². The van der Waals surface area contributed by atoms with Crippen molar-refractivity contribution in [1.29, 1.82) is 0 Å². The Bertz CT molecular complexity index is 914. The number of likely N-dealkylation sites (tertiary alicyclic amines) is 1. The molecule has 7 heteroatoms. The van der Waals surface area contributed by atoms with Gasteiger partial charge >= 0.3 is 0 Å². The fourth-order valence-electron chi connectivity index (χ4n) is 5.02. The van der Waals surface area contributed by atoms with Crippen LogP contribution >= 0.6 is 0 Å². The number of aromatic nitrogens is 1. The minimum Gasteiger partial charge on any atom is -0.459 e. The lowest BCUT2D eigenvalue weighted by atomic mass is 9.82. The van der Waals surface area contributed by atoms with Crippen LogP contribution in [-0.2, 0) is 11.3 Å². The van der Waals surface area contributed by atoms with Gasteiger partial charge in [0.2, 0.25) is 0 Å². The molecular weight excluding hydrogens is 358 g/mol. The molecule has 5 heterocycles. The number of carbonyl (C=O) groups is 1. The number of fused-ring (bicyclic) bond motifs is 4. The molecule has 1 amide bonds. The Balaban J connectivity index is 1.38. The second kappa shape index (κ2) is 7.22. The number of nitrogens with one attached hydrogen (secondary N) is 1. The topological polar surface area (TPSA) is 76.7 Å². The van der Waals surface area contributed by atoms with Gasteiger partial charge in [0.15, 0.2) is 5.76 Å². The molecule has 0 radical (unpaired) electrons. The van der Waals surface area contributed by atoms with Crippen LogP contribution in [0.4, 0.5) is 5.69 Å². The van der Waals surface area contributed by atoms with Crippen molar-refractivity contribution in [2.24, 2.45) is 5.92 Å². The monoisotopic (exact) mass is 383 g/mol. The number of furan rings is 1. The number of carbonyl (C=O) groups excluding carboxylic acids is 1. The number of hydrogen-bond donors (Lipinski definition) is 1. The van der Waals surface area contributed by atoms with Crippen LogP contribution < -0.4 is 10.9 Å². The number of nitrogens with zero attached hydrogens (tertiary/aromatic N) is 2. The van der Waals surface area contributed by atoms with Crippen molar-refractivity contribution in [1.82, 2.24) is 9.47 Å². The van der Waals surface area contributed by atoms with Crippen molar-refractivity contribution in [3.63, 3.8) is 0 Å². The van der Waals surface area contributed by atoms with Crippen molar-refractivity contribution in [3.05, 3.63) is 52.3 Å². The van der Waals surface area contributed by atoms with Crippen LogP contribution in [0.1, 0.15) is 41.4 Å². The van der Waals surface area contributed by atoms with Crippen molar-refractivity contribution in [3.8, 4) is 0 Å². The summed E-state index contributed by atoms with van der Waals surface area (Å²) in [5.74, 6) is 0.649. The van der Waals surface area contributed by atoms with Gasteiger partial charge in [-0.05, 0) is 49.4 Å². The van der Waals surface area contributed by atoms with Crippen LogP contribution in [0, 0.1) is 5.92 Å². The Labute approximate surface area is 163 Å². The van der Waals surface area contributed by atoms with Crippen molar-refractivity contribution >= 4 is 11.6 Å². The molecule has 0 saturated carbocycles. The Morgan fingerprint density at radius 3 is 2.75 bits per heavy atom. The maximum atomic E-state index is 13.0. The maximum Gasteiger partial charge on any atom is 0.291 e. The van der Waals surface area contributed by atoms with Gasteiger partial charge in [0.25, 0.3) is 11.5 Å². The molecule has 2 saturated heterocycles. The zero-order chi connectivity index (χ0) is 19.1. The van der Waals surface area contributed by atoms with E-state index < -0.39 is 5.91 Å². The van der Waals surface area contributed by atoms with E-state index in [1.165, 1.54) is 6.26 Å². The number of hydrogen-bond acceptors (Lipinski definition) is 5. The minimum absolute atomic E-state index is 0.119. The number of anilines is 1. The summed E-state index contributed by atoms with van der Waals surface area (Å²) in [6.45, 7) is 4.46. The highest BCUT2D eigenvalue weighted by Gasteiger charge is 2.37. The van der Waals surface area contributed by atoms with Gasteiger partial charge in [0.1, 0.15) is 5.69 Å². The van der Waals surface area contributed by atoms with E-state index in [1.54, 1.807) is 18.2 Å². The third-order valence-corrected chi connectivity index (χ3v) is 6.33. The highest BCUT2D eigenvalue weighted by molar-refractivity contribution is 6.02. The van der Waals surface area contributed by atoms with Gasteiger partial charge < -0.3 is 19.0 Å². The molecule has 2 bridgehead atoms. The molecule has 2 aromatic rings. The number of amides is 1. The van der Waals surface area contributed by atoms with Gasteiger partial charge in [-0.3, -0.25) is 14.5 Å². The zero-order valence-corrected chi connectivity index (χ0v) is 15.8. The lowest BCUT2D eigenvalue weighted by Crippen LogP contribution is -2.51. The average molecular weight is 383 g/mol. The molecule has 28 heavy (non-hydrogen) atoms. The van der Waals surface area contributed by atoms with Gasteiger partial charge in [-0.1, -0.05) is 0 Å². The summed E-state index contributed by atoms with van der Waals surface area (Å²) in [5, 5.41) is 2.70. The first-order valence-corrected chi connectivity index (χ1v) is 10.1. The Morgan fingerprint density at radius 1 is 1.11 bits per heavy atom. The molecule has 3 aliphatic rings. The summed E-state index contributed by atoms with van der Waals surface area (Å²) in [4.78, 5) is 27.9. The standard InChI is InChI=1S/C21H25N3O4/c25-20(19-2-1-7-28-19)22-17-3-4-18-15-10-14(12-24(18)21(17)26)11-23(13-15)16-5-8-27-9-6-16/h1-4,7,14-16H,5-6,8-13H2,(H,22,25). The van der Waals surface area contributed by atoms with E-state index in [4.69, 9.17) is 9.15 Å². The number of pyridine rings is 1. The highest BCUT2D eigenvalue weighted by Crippen LogP contribution is 2.37. The third kappa shape index (κ3) is 3.18. The first-order valence-electron chi connectivity index (χ1n) is 10.1. The number of ether oxygens (including phenoxy) is 1. The molecule has 0 spiro atoms. The van der Waals surface area contributed by atoms with E-state index in [-0.39, 0.29) is 11.3 Å². The average Bonchev–Trinajstić information content (AvgIpc) is 3.26. The smallest absolute Gasteiger partial charge is 0.291 e. The third-order valence-electron chi connectivity index (χ3n) is 6.33. The molecular formula is C21H25N3O4. The Kier molecular flexibility index (Phi) is 4.56. The van der Waals surface area contributed by atoms with Crippen LogP contribution in [0.2, 0.25) is 0 Å². The van der Waals surface area contributed by atoms with E-state index in [0.29, 0.717) is 23.6 Å². The molecule has 3 aliphatic heterocycles. The molecule has 5 rings (SSSR count). The van der Waals surface area contributed by atoms with Crippen LogP contribution in [0.3, 0.4) is 0 Å².